The molecule has 0 fully saturated rings. The molecule has 1 rings (SSSR count). The molecule has 3 N–H and O–H groups in total. The van der Waals surface area contributed by atoms with E-state index < -0.39 is 16.0 Å². The summed E-state index contributed by atoms with van der Waals surface area (Å²) in [5, 5.41) is 17.7. The summed E-state index contributed by atoms with van der Waals surface area (Å²) >= 11 is 0. The number of hydrogen-bond acceptors (Lipinski definition) is 4. The summed E-state index contributed by atoms with van der Waals surface area (Å²) in [6.45, 7) is 3.98. The average molecular weight is 315 g/mol. The lowest BCUT2D eigenvalue weighted by molar-refractivity contribution is 0.0697. The van der Waals surface area contributed by atoms with Crippen molar-refractivity contribution in [2.24, 2.45) is 5.41 Å². The van der Waals surface area contributed by atoms with E-state index in [9.17, 15) is 13.2 Å². The number of carboxylic acid groups (broad SMARTS) is 1. The van der Waals surface area contributed by atoms with Crippen LogP contribution in [0.25, 0.3) is 0 Å². The fraction of sp³-hybridized carbons (Fsp3) is 0.500. The van der Waals surface area contributed by atoms with Gasteiger partial charge in [0.15, 0.2) is 0 Å². The van der Waals surface area contributed by atoms with E-state index in [1.165, 1.54) is 24.3 Å². The third kappa shape index (κ3) is 6.24. The molecule has 1 aromatic carbocycles. The molecule has 0 aliphatic carbocycles. The van der Waals surface area contributed by atoms with Gasteiger partial charge in [-0.15, -0.1) is 0 Å². The lowest BCUT2D eigenvalue weighted by Gasteiger charge is -2.23. The van der Waals surface area contributed by atoms with Crippen molar-refractivity contribution < 1.29 is 23.4 Å². The predicted molar refractivity (Wildman–Crippen MR) is 79.5 cm³/mol. The summed E-state index contributed by atoms with van der Waals surface area (Å²) in [4.78, 5) is 10.7. The van der Waals surface area contributed by atoms with Gasteiger partial charge < -0.3 is 10.2 Å². The molecule has 0 aliphatic heterocycles. The van der Waals surface area contributed by atoms with Gasteiger partial charge in [-0.2, -0.15) is 0 Å². The maximum atomic E-state index is 12.0. The van der Waals surface area contributed by atoms with Crippen LogP contribution in [0.5, 0.6) is 0 Å². The van der Waals surface area contributed by atoms with Crippen LogP contribution >= 0.6 is 0 Å². The number of carboxylic acids is 1. The highest BCUT2D eigenvalue weighted by atomic mass is 32.2. The first-order valence-corrected chi connectivity index (χ1v) is 8.21. The highest BCUT2D eigenvalue weighted by molar-refractivity contribution is 7.88. The normalized spacial score (nSPS) is 12.3. The van der Waals surface area contributed by atoms with Gasteiger partial charge in [0, 0.05) is 13.2 Å². The van der Waals surface area contributed by atoms with Gasteiger partial charge in [0.1, 0.15) is 0 Å². The summed E-state index contributed by atoms with van der Waals surface area (Å²) in [5.41, 5.74) is 0.315. The van der Waals surface area contributed by atoms with E-state index in [1.807, 2.05) is 13.8 Å². The van der Waals surface area contributed by atoms with Crippen LogP contribution in [0.3, 0.4) is 0 Å². The maximum absolute atomic E-state index is 12.0. The van der Waals surface area contributed by atoms with Crippen molar-refractivity contribution in [3.05, 3.63) is 35.4 Å². The number of aliphatic hydroxyl groups excluding tert-OH is 1. The topological polar surface area (TPSA) is 104 Å². The minimum absolute atomic E-state index is 0.00534. The molecule has 0 saturated carbocycles. The number of aliphatic hydroxyl groups is 1. The standard InChI is InChI=1S/C14H21NO5S/c1-14(2,7-8-16)10-15-21(19,20)9-11-3-5-12(6-4-11)13(17)18/h3-6,15-16H,7-10H2,1-2H3,(H,17,18). The van der Waals surface area contributed by atoms with E-state index in [4.69, 9.17) is 10.2 Å². The zero-order valence-electron chi connectivity index (χ0n) is 12.2. The molecule has 0 aromatic heterocycles. The van der Waals surface area contributed by atoms with E-state index in [0.29, 0.717) is 12.0 Å². The monoisotopic (exact) mass is 315 g/mol. The van der Waals surface area contributed by atoms with Gasteiger partial charge in [-0.3, -0.25) is 0 Å². The smallest absolute Gasteiger partial charge is 0.335 e. The molecule has 0 aliphatic rings. The molecule has 0 atom stereocenters. The van der Waals surface area contributed by atoms with Crippen LogP contribution < -0.4 is 4.72 Å². The Kier molecular flexibility index (Phi) is 5.88. The molecule has 1 aromatic rings. The lowest BCUT2D eigenvalue weighted by atomic mass is 9.90. The van der Waals surface area contributed by atoms with Crippen LogP contribution in [0.2, 0.25) is 0 Å². The Bertz CT molecular complexity index is 578. The SMILES string of the molecule is CC(C)(CCO)CNS(=O)(=O)Cc1ccc(C(=O)O)cc1. The van der Waals surface area contributed by atoms with Gasteiger partial charge in [-0.05, 0) is 29.5 Å². The largest absolute Gasteiger partial charge is 0.478 e. The van der Waals surface area contributed by atoms with Gasteiger partial charge in [0.25, 0.3) is 0 Å². The van der Waals surface area contributed by atoms with E-state index in [1.54, 1.807) is 0 Å². The highest BCUT2D eigenvalue weighted by Crippen LogP contribution is 2.19. The van der Waals surface area contributed by atoms with Crippen molar-refractivity contribution in [3.63, 3.8) is 0 Å². The molecule has 0 bridgehead atoms. The number of carbonyl (C=O) groups is 1. The average Bonchev–Trinajstić information content (AvgIpc) is 2.37. The van der Waals surface area contributed by atoms with Crippen LogP contribution in [-0.4, -0.2) is 37.8 Å². The zero-order valence-corrected chi connectivity index (χ0v) is 13.0. The summed E-state index contributed by atoms with van der Waals surface area (Å²) in [6.07, 6.45) is 0.503. The van der Waals surface area contributed by atoms with Crippen LogP contribution in [0.15, 0.2) is 24.3 Å². The van der Waals surface area contributed by atoms with Gasteiger partial charge in [-0.1, -0.05) is 26.0 Å². The van der Waals surface area contributed by atoms with Gasteiger partial charge in [0.05, 0.1) is 11.3 Å². The number of nitrogens with one attached hydrogen (secondary N) is 1. The van der Waals surface area contributed by atoms with Crippen molar-refractivity contribution in [2.45, 2.75) is 26.0 Å². The Labute approximate surface area is 124 Å². The molecule has 0 radical (unpaired) electrons. The van der Waals surface area contributed by atoms with Crippen molar-refractivity contribution in [1.82, 2.24) is 4.72 Å². The highest BCUT2D eigenvalue weighted by Gasteiger charge is 2.21. The Morgan fingerprint density at radius 2 is 1.81 bits per heavy atom. The number of hydrogen-bond donors (Lipinski definition) is 3. The maximum Gasteiger partial charge on any atom is 0.335 e. The van der Waals surface area contributed by atoms with E-state index in [0.717, 1.165) is 0 Å². The molecule has 21 heavy (non-hydrogen) atoms. The molecular weight excluding hydrogens is 294 g/mol. The van der Waals surface area contributed by atoms with Gasteiger partial charge in [-0.25, -0.2) is 17.9 Å². The third-order valence-corrected chi connectivity index (χ3v) is 4.41. The predicted octanol–water partition coefficient (Wildman–Crippen LogP) is 1.21. The Hall–Kier alpha value is -1.44. The second-order valence-electron chi connectivity index (χ2n) is 5.72. The molecule has 0 saturated heterocycles. The number of benzene rings is 1. The summed E-state index contributed by atoms with van der Waals surface area (Å²) < 4.78 is 26.5. The van der Waals surface area contributed by atoms with E-state index >= 15 is 0 Å². The molecule has 7 heteroatoms. The molecule has 0 heterocycles. The Morgan fingerprint density at radius 1 is 1.24 bits per heavy atom. The summed E-state index contributed by atoms with van der Waals surface area (Å²) in [7, 11) is -3.50. The Morgan fingerprint density at radius 3 is 2.29 bits per heavy atom. The number of sulfonamides is 1. The Balaban J connectivity index is 2.66. The van der Waals surface area contributed by atoms with E-state index in [2.05, 4.69) is 4.72 Å². The van der Waals surface area contributed by atoms with Crippen molar-refractivity contribution in [2.75, 3.05) is 13.2 Å². The molecule has 118 valence electrons. The van der Waals surface area contributed by atoms with Crippen LogP contribution in [0.4, 0.5) is 0 Å². The fourth-order valence-electron chi connectivity index (χ4n) is 1.71. The summed E-state index contributed by atoms with van der Waals surface area (Å²) in [5.74, 6) is -1.25. The quantitative estimate of drug-likeness (QED) is 0.669. The van der Waals surface area contributed by atoms with Crippen LogP contribution in [0, 0.1) is 5.41 Å². The lowest BCUT2D eigenvalue weighted by Crippen LogP contribution is -2.35. The zero-order chi connectivity index (χ0) is 16.1. The first-order chi connectivity index (χ1) is 9.65. The van der Waals surface area contributed by atoms with Crippen molar-refractivity contribution in [3.8, 4) is 0 Å². The third-order valence-electron chi connectivity index (χ3n) is 3.12. The first kappa shape index (κ1) is 17.6. The van der Waals surface area contributed by atoms with E-state index in [-0.39, 0.29) is 29.9 Å². The second-order valence-corrected chi connectivity index (χ2v) is 7.53. The van der Waals surface area contributed by atoms with Crippen molar-refractivity contribution >= 4 is 16.0 Å². The van der Waals surface area contributed by atoms with Crippen LogP contribution in [0.1, 0.15) is 36.2 Å². The molecule has 0 unspecified atom stereocenters. The second kappa shape index (κ2) is 7.02. The molecule has 6 nitrogen and oxygen atoms in total. The van der Waals surface area contributed by atoms with Gasteiger partial charge >= 0.3 is 5.97 Å². The summed E-state index contributed by atoms with van der Waals surface area (Å²) in [6, 6.07) is 5.73. The first-order valence-electron chi connectivity index (χ1n) is 6.56. The number of rotatable bonds is 8. The minimum atomic E-state index is -3.50. The van der Waals surface area contributed by atoms with Crippen molar-refractivity contribution in [1.29, 1.82) is 0 Å². The molecular formula is C14H21NO5S. The van der Waals surface area contributed by atoms with Crippen LogP contribution in [-0.2, 0) is 15.8 Å². The molecule has 0 spiro atoms. The minimum Gasteiger partial charge on any atom is -0.478 e. The molecule has 0 amide bonds. The fourth-order valence-corrected chi connectivity index (χ4v) is 3.05. The van der Waals surface area contributed by atoms with Gasteiger partial charge in [0.2, 0.25) is 10.0 Å². The number of aromatic carboxylic acids is 1.